The van der Waals surface area contributed by atoms with Crippen molar-refractivity contribution >= 4 is 0 Å². The second-order valence-corrected chi connectivity index (χ2v) is 8.33. The molecule has 0 saturated heterocycles. The van der Waals surface area contributed by atoms with E-state index in [-0.39, 0.29) is 17.0 Å². The standard InChI is InChI=1S/C22H48N.BrH/c1-5-7-9-11-13-15-17-19-21-23(3,4)22-20-18-16-14-12-10-8-6-2;/h5-22H2,1-4H3;1H/q+1;/p-1. The molecule has 0 aromatic heterocycles. The van der Waals surface area contributed by atoms with Gasteiger partial charge in [0.15, 0.2) is 0 Å². The minimum absolute atomic E-state index is 0. The zero-order chi connectivity index (χ0) is 17.2. The van der Waals surface area contributed by atoms with Gasteiger partial charge in [0.2, 0.25) is 0 Å². The summed E-state index contributed by atoms with van der Waals surface area (Å²) in [4.78, 5) is 0. The Morgan fingerprint density at radius 2 is 0.667 bits per heavy atom. The Kier molecular flexibility index (Phi) is 22.0. The third-order valence-corrected chi connectivity index (χ3v) is 5.23. The van der Waals surface area contributed by atoms with E-state index < -0.39 is 0 Å². The second kappa shape index (κ2) is 19.8. The summed E-state index contributed by atoms with van der Waals surface area (Å²) in [5.41, 5.74) is 0. The lowest BCUT2D eigenvalue weighted by atomic mass is 10.1. The maximum absolute atomic E-state index is 2.43. The van der Waals surface area contributed by atoms with Crippen molar-refractivity contribution in [2.75, 3.05) is 27.2 Å². The molecule has 0 aliphatic carbocycles. The van der Waals surface area contributed by atoms with Crippen LogP contribution >= 0.6 is 0 Å². The largest absolute Gasteiger partial charge is 1.00 e. The van der Waals surface area contributed by atoms with Gasteiger partial charge in [-0.05, 0) is 25.7 Å². The lowest BCUT2D eigenvalue weighted by molar-refractivity contribution is -0.890. The number of quaternary nitrogens is 1. The van der Waals surface area contributed by atoms with Crippen molar-refractivity contribution in [1.29, 1.82) is 0 Å². The Bertz CT molecular complexity index is 206. The zero-order valence-electron chi connectivity index (χ0n) is 17.6. The molecule has 0 atom stereocenters. The van der Waals surface area contributed by atoms with Crippen LogP contribution < -0.4 is 17.0 Å². The van der Waals surface area contributed by atoms with Crippen molar-refractivity contribution in [2.45, 2.75) is 117 Å². The van der Waals surface area contributed by atoms with Crippen molar-refractivity contribution in [1.82, 2.24) is 0 Å². The molecule has 0 fully saturated rings. The smallest absolute Gasteiger partial charge is 0.0782 e. The van der Waals surface area contributed by atoms with Crippen LogP contribution in [0.15, 0.2) is 0 Å². The molecule has 0 bridgehead atoms. The Hall–Kier alpha value is 0.440. The molecule has 1 nitrogen and oxygen atoms in total. The van der Waals surface area contributed by atoms with Gasteiger partial charge in [0, 0.05) is 0 Å². The summed E-state index contributed by atoms with van der Waals surface area (Å²) < 4.78 is 1.24. The molecule has 0 spiro atoms. The molecule has 0 N–H and O–H groups in total. The molecule has 0 aliphatic heterocycles. The second-order valence-electron chi connectivity index (χ2n) is 8.33. The van der Waals surface area contributed by atoms with Crippen LogP contribution in [0.5, 0.6) is 0 Å². The van der Waals surface area contributed by atoms with E-state index in [2.05, 4.69) is 27.9 Å². The maximum atomic E-state index is 2.43. The molecule has 0 unspecified atom stereocenters. The van der Waals surface area contributed by atoms with Crippen molar-refractivity contribution in [3.05, 3.63) is 0 Å². The number of unbranched alkanes of at least 4 members (excludes halogenated alkanes) is 14. The summed E-state index contributed by atoms with van der Waals surface area (Å²) >= 11 is 0. The molecule has 148 valence electrons. The van der Waals surface area contributed by atoms with Gasteiger partial charge in [-0.3, -0.25) is 0 Å². The summed E-state index contributed by atoms with van der Waals surface area (Å²) in [6.07, 6.45) is 23.0. The van der Waals surface area contributed by atoms with Crippen molar-refractivity contribution < 1.29 is 21.5 Å². The highest BCUT2D eigenvalue weighted by atomic mass is 79.9. The first kappa shape index (κ1) is 26.7. The molecule has 24 heavy (non-hydrogen) atoms. The molecule has 0 radical (unpaired) electrons. The fourth-order valence-electron chi connectivity index (χ4n) is 3.46. The molecule has 0 aromatic carbocycles. The summed E-state index contributed by atoms with van der Waals surface area (Å²) in [5.74, 6) is 0. The quantitative estimate of drug-likeness (QED) is 0.235. The average molecular weight is 407 g/mol. The predicted octanol–water partition coefficient (Wildman–Crippen LogP) is 4.35. The first-order chi connectivity index (χ1) is 11.1. The lowest BCUT2D eigenvalue weighted by Gasteiger charge is -2.30. The molecule has 0 aromatic rings. The van der Waals surface area contributed by atoms with Gasteiger partial charge in [-0.25, -0.2) is 0 Å². The Morgan fingerprint density at radius 3 is 0.958 bits per heavy atom. The van der Waals surface area contributed by atoms with Crippen molar-refractivity contribution in [3.63, 3.8) is 0 Å². The van der Waals surface area contributed by atoms with Crippen LogP contribution in [-0.2, 0) is 0 Å². The highest BCUT2D eigenvalue weighted by molar-refractivity contribution is 4.48. The predicted molar refractivity (Wildman–Crippen MR) is 107 cm³/mol. The van der Waals surface area contributed by atoms with Gasteiger partial charge in [0.05, 0.1) is 27.2 Å². The van der Waals surface area contributed by atoms with Crippen molar-refractivity contribution in [3.8, 4) is 0 Å². The summed E-state index contributed by atoms with van der Waals surface area (Å²) in [6, 6.07) is 0. The van der Waals surface area contributed by atoms with Gasteiger partial charge in [-0.15, -0.1) is 0 Å². The number of nitrogens with zero attached hydrogens (tertiary/aromatic N) is 1. The normalized spacial score (nSPS) is 11.5. The Morgan fingerprint density at radius 1 is 0.417 bits per heavy atom. The first-order valence-electron chi connectivity index (χ1n) is 10.9. The van der Waals surface area contributed by atoms with E-state index in [1.165, 1.54) is 120 Å². The molecule has 0 aliphatic rings. The zero-order valence-corrected chi connectivity index (χ0v) is 19.1. The molecule has 0 rings (SSSR count). The van der Waals surface area contributed by atoms with Crippen molar-refractivity contribution in [2.24, 2.45) is 0 Å². The molecular weight excluding hydrogens is 358 g/mol. The minimum atomic E-state index is 0. The van der Waals surface area contributed by atoms with Gasteiger partial charge in [-0.2, -0.15) is 0 Å². The van der Waals surface area contributed by atoms with Crippen LogP contribution in [-0.4, -0.2) is 31.7 Å². The fraction of sp³-hybridized carbons (Fsp3) is 1.00. The highest BCUT2D eigenvalue weighted by Crippen LogP contribution is 2.13. The lowest BCUT2D eigenvalue weighted by Crippen LogP contribution is -3.00. The van der Waals surface area contributed by atoms with Crippen LogP contribution in [0.4, 0.5) is 0 Å². The molecule has 2 heteroatoms. The average Bonchev–Trinajstić information content (AvgIpc) is 2.52. The number of rotatable bonds is 18. The number of hydrogen-bond donors (Lipinski definition) is 0. The summed E-state index contributed by atoms with van der Waals surface area (Å²) in [6.45, 7) is 7.36. The van der Waals surface area contributed by atoms with E-state index in [1.807, 2.05) is 0 Å². The Balaban J connectivity index is 0. The van der Waals surface area contributed by atoms with Gasteiger partial charge < -0.3 is 21.5 Å². The number of halogens is 1. The van der Waals surface area contributed by atoms with E-state index in [4.69, 9.17) is 0 Å². The number of hydrogen-bond acceptors (Lipinski definition) is 0. The van der Waals surface area contributed by atoms with E-state index >= 15 is 0 Å². The van der Waals surface area contributed by atoms with E-state index in [0.717, 1.165) is 0 Å². The van der Waals surface area contributed by atoms with Crippen LogP contribution in [0.1, 0.15) is 117 Å². The molecule has 0 saturated carbocycles. The van der Waals surface area contributed by atoms with E-state index in [9.17, 15) is 0 Å². The van der Waals surface area contributed by atoms with Crippen LogP contribution in [0.2, 0.25) is 0 Å². The minimum Gasteiger partial charge on any atom is -1.00 e. The topological polar surface area (TPSA) is 0 Å². The van der Waals surface area contributed by atoms with Crippen LogP contribution in [0.3, 0.4) is 0 Å². The highest BCUT2D eigenvalue weighted by Gasteiger charge is 2.13. The van der Waals surface area contributed by atoms with Gasteiger partial charge in [-0.1, -0.05) is 90.9 Å². The van der Waals surface area contributed by atoms with E-state index in [0.29, 0.717) is 0 Å². The molecule has 0 amide bonds. The third-order valence-electron chi connectivity index (χ3n) is 5.23. The van der Waals surface area contributed by atoms with Crippen LogP contribution in [0.25, 0.3) is 0 Å². The molecule has 0 heterocycles. The van der Waals surface area contributed by atoms with Gasteiger partial charge in [0.1, 0.15) is 0 Å². The van der Waals surface area contributed by atoms with E-state index in [1.54, 1.807) is 0 Å². The SMILES string of the molecule is CCCCCCCCCC[N+](C)(C)CCCCCCCCCC.[Br-]. The summed E-state index contributed by atoms with van der Waals surface area (Å²) in [5, 5.41) is 0. The van der Waals surface area contributed by atoms with Gasteiger partial charge in [0.25, 0.3) is 0 Å². The third kappa shape index (κ3) is 20.5. The summed E-state index contributed by atoms with van der Waals surface area (Å²) in [7, 11) is 4.87. The first-order valence-corrected chi connectivity index (χ1v) is 10.9. The monoisotopic (exact) mass is 405 g/mol. The van der Waals surface area contributed by atoms with Gasteiger partial charge >= 0.3 is 0 Å². The maximum Gasteiger partial charge on any atom is 0.0782 e. The van der Waals surface area contributed by atoms with Crippen LogP contribution in [0, 0.1) is 0 Å². The Labute approximate surface area is 165 Å². The molecular formula is C22H48BrN. The fourth-order valence-corrected chi connectivity index (χ4v) is 3.46.